The monoisotopic (exact) mass is 218 g/mol. The molecule has 1 unspecified atom stereocenters. The van der Waals surface area contributed by atoms with Gasteiger partial charge >= 0.3 is 0 Å². The van der Waals surface area contributed by atoms with Crippen LogP contribution in [0.4, 0.5) is 0 Å². The summed E-state index contributed by atoms with van der Waals surface area (Å²) in [6.45, 7) is 1.70. The predicted octanol–water partition coefficient (Wildman–Crippen LogP) is 2.00. The van der Waals surface area contributed by atoms with Crippen LogP contribution in [0.5, 0.6) is 0 Å². The molecule has 0 radical (unpaired) electrons. The molecule has 1 saturated heterocycles. The van der Waals surface area contributed by atoms with Crippen molar-refractivity contribution in [1.82, 2.24) is 0 Å². The summed E-state index contributed by atoms with van der Waals surface area (Å²) < 4.78 is 11.2. The zero-order chi connectivity index (χ0) is 11.2. The molecule has 1 N–H and O–H groups in total. The Labute approximate surface area is 94.3 Å². The van der Waals surface area contributed by atoms with E-state index >= 15 is 0 Å². The van der Waals surface area contributed by atoms with Crippen LogP contribution in [0.2, 0.25) is 0 Å². The molecule has 2 heterocycles. The fraction of sp³-hybridized carbons (Fsp3) is 0.385. The van der Waals surface area contributed by atoms with Crippen molar-refractivity contribution in [3.05, 3.63) is 48.2 Å². The van der Waals surface area contributed by atoms with Crippen LogP contribution >= 0.6 is 0 Å². The Balaban J connectivity index is 1.86. The predicted molar refractivity (Wildman–Crippen MR) is 58.4 cm³/mol. The van der Waals surface area contributed by atoms with Crippen LogP contribution in [-0.2, 0) is 9.47 Å². The van der Waals surface area contributed by atoms with Gasteiger partial charge in [0.1, 0.15) is 6.10 Å². The van der Waals surface area contributed by atoms with Gasteiger partial charge in [-0.1, -0.05) is 30.3 Å². The molecule has 3 nitrogen and oxygen atoms in total. The number of benzene rings is 1. The summed E-state index contributed by atoms with van der Waals surface area (Å²) in [5.74, 6) is -0.740. The smallest absolute Gasteiger partial charge is 0.245 e. The van der Waals surface area contributed by atoms with Crippen LogP contribution in [0, 0.1) is 5.92 Å². The van der Waals surface area contributed by atoms with Crippen molar-refractivity contribution < 1.29 is 14.6 Å². The summed E-state index contributed by atoms with van der Waals surface area (Å²) >= 11 is 0. The van der Waals surface area contributed by atoms with E-state index in [0.29, 0.717) is 0 Å². The number of aliphatic hydroxyl groups is 1. The van der Waals surface area contributed by atoms with Crippen LogP contribution in [0.25, 0.3) is 0 Å². The number of aliphatic hydroxyl groups excluding tert-OH is 1. The molecule has 1 aromatic carbocycles. The highest BCUT2D eigenvalue weighted by molar-refractivity contribution is 5.26. The minimum atomic E-state index is -0.847. The Morgan fingerprint density at radius 2 is 2.06 bits per heavy atom. The first-order valence-corrected chi connectivity index (χ1v) is 5.49. The topological polar surface area (TPSA) is 38.7 Å². The molecule has 4 atom stereocenters. The second-order valence-corrected chi connectivity index (χ2v) is 4.32. The first-order valence-electron chi connectivity index (χ1n) is 5.49. The SMILES string of the molecule is C[C@@H](O)[C@]12OC=C[C@H]1C(c1ccccc1)O2. The molecule has 0 saturated carbocycles. The summed E-state index contributed by atoms with van der Waals surface area (Å²) in [6.07, 6.45) is 2.95. The van der Waals surface area contributed by atoms with E-state index in [4.69, 9.17) is 9.47 Å². The molecule has 0 amide bonds. The van der Waals surface area contributed by atoms with Crippen LogP contribution in [-0.4, -0.2) is 17.0 Å². The van der Waals surface area contributed by atoms with E-state index < -0.39 is 11.9 Å². The summed E-state index contributed by atoms with van der Waals surface area (Å²) in [5, 5.41) is 9.71. The molecule has 2 aliphatic rings. The van der Waals surface area contributed by atoms with Gasteiger partial charge in [-0.2, -0.15) is 0 Å². The molecule has 0 bridgehead atoms. The maximum atomic E-state index is 9.71. The molecule has 2 aliphatic heterocycles. The molecule has 84 valence electrons. The summed E-state index contributed by atoms with van der Waals surface area (Å²) in [4.78, 5) is 0. The van der Waals surface area contributed by atoms with E-state index in [1.54, 1.807) is 13.2 Å². The molecule has 3 heteroatoms. The van der Waals surface area contributed by atoms with Crippen LogP contribution in [0.1, 0.15) is 18.6 Å². The van der Waals surface area contributed by atoms with Crippen molar-refractivity contribution in [2.24, 2.45) is 5.92 Å². The molecule has 3 rings (SSSR count). The van der Waals surface area contributed by atoms with E-state index in [1.807, 2.05) is 36.4 Å². The summed E-state index contributed by atoms with van der Waals surface area (Å²) in [7, 11) is 0. The molecular formula is C13H14O3. The van der Waals surface area contributed by atoms with Gasteiger partial charge in [0, 0.05) is 0 Å². The highest BCUT2D eigenvalue weighted by Crippen LogP contribution is 2.54. The highest BCUT2D eigenvalue weighted by Gasteiger charge is 2.62. The third kappa shape index (κ3) is 1.16. The standard InChI is InChI=1S/C13H14O3/c1-9(14)13-11(7-8-15-13)12(16-13)10-5-3-2-4-6-10/h2-9,11-12,14H,1H3/t9-,11+,12?,13-/m1/s1. The minimum absolute atomic E-state index is 0.00505. The maximum absolute atomic E-state index is 9.71. The molecule has 16 heavy (non-hydrogen) atoms. The van der Waals surface area contributed by atoms with E-state index in [0.717, 1.165) is 5.56 Å². The van der Waals surface area contributed by atoms with Gasteiger partial charge < -0.3 is 14.6 Å². The first-order chi connectivity index (χ1) is 7.74. The lowest BCUT2D eigenvalue weighted by Crippen LogP contribution is -2.59. The number of hydrogen-bond acceptors (Lipinski definition) is 3. The lowest BCUT2D eigenvalue weighted by molar-refractivity contribution is -0.375. The average Bonchev–Trinajstić information content (AvgIpc) is 2.59. The van der Waals surface area contributed by atoms with Gasteiger partial charge in [0.2, 0.25) is 5.79 Å². The normalized spacial score (nSPS) is 37.4. The van der Waals surface area contributed by atoms with Crippen LogP contribution < -0.4 is 0 Å². The summed E-state index contributed by atoms with van der Waals surface area (Å²) in [6, 6.07) is 10.0. The Morgan fingerprint density at radius 3 is 2.75 bits per heavy atom. The number of ether oxygens (including phenoxy) is 2. The lowest BCUT2D eigenvalue weighted by Gasteiger charge is -2.50. The highest BCUT2D eigenvalue weighted by atomic mass is 16.7. The number of hydrogen-bond donors (Lipinski definition) is 1. The summed E-state index contributed by atoms with van der Waals surface area (Å²) in [5.41, 5.74) is 1.12. The molecule has 0 aromatic heterocycles. The third-order valence-electron chi connectivity index (χ3n) is 3.35. The van der Waals surface area contributed by atoms with Crippen molar-refractivity contribution in [2.75, 3.05) is 0 Å². The van der Waals surface area contributed by atoms with Gasteiger partial charge in [-0.3, -0.25) is 0 Å². The second-order valence-electron chi connectivity index (χ2n) is 4.32. The van der Waals surface area contributed by atoms with Gasteiger partial charge in [0.25, 0.3) is 0 Å². The van der Waals surface area contributed by atoms with Crippen molar-refractivity contribution in [1.29, 1.82) is 0 Å². The zero-order valence-electron chi connectivity index (χ0n) is 9.04. The van der Waals surface area contributed by atoms with Gasteiger partial charge in [0.15, 0.2) is 0 Å². The average molecular weight is 218 g/mol. The Hall–Kier alpha value is -1.32. The molecule has 0 aliphatic carbocycles. The Bertz CT molecular complexity index is 412. The molecule has 1 aromatic rings. The molecular weight excluding hydrogens is 204 g/mol. The quantitative estimate of drug-likeness (QED) is 0.825. The van der Waals surface area contributed by atoms with Gasteiger partial charge in [0.05, 0.1) is 18.3 Å². The van der Waals surface area contributed by atoms with Crippen LogP contribution in [0.15, 0.2) is 42.7 Å². The van der Waals surface area contributed by atoms with Crippen LogP contribution in [0.3, 0.4) is 0 Å². The van der Waals surface area contributed by atoms with Crippen molar-refractivity contribution in [3.8, 4) is 0 Å². The van der Waals surface area contributed by atoms with Crippen molar-refractivity contribution in [2.45, 2.75) is 24.9 Å². The van der Waals surface area contributed by atoms with Crippen molar-refractivity contribution >= 4 is 0 Å². The molecule has 1 fully saturated rings. The van der Waals surface area contributed by atoms with E-state index in [9.17, 15) is 5.11 Å². The molecule has 0 spiro atoms. The maximum Gasteiger partial charge on any atom is 0.245 e. The fourth-order valence-corrected chi connectivity index (χ4v) is 2.45. The number of rotatable bonds is 2. The van der Waals surface area contributed by atoms with E-state index in [2.05, 4.69) is 0 Å². The Morgan fingerprint density at radius 1 is 1.31 bits per heavy atom. The van der Waals surface area contributed by atoms with E-state index in [-0.39, 0.29) is 12.0 Å². The van der Waals surface area contributed by atoms with Gasteiger partial charge in [-0.05, 0) is 18.6 Å². The van der Waals surface area contributed by atoms with Gasteiger partial charge in [-0.15, -0.1) is 0 Å². The second kappa shape index (κ2) is 3.34. The fourth-order valence-electron chi connectivity index (χ4n) is 2.45. The third-order valence-corrected chi connectivity index (χ3v) is 3.35. The zero-order valence-corrected chi connectivity index (χ0v) is 9.04. The minimum Gasteiger partial charge on any atom is -0.467 e. The largest absolute Gasteiger partial charge is 0.467 e. The lowest BCUT2D eigenvalue weighted by atomic mass is 9.80. The number of fused-ring (bicyclic) bond motifs is 1. The first kappa shape index (κ1) is 9.87. The van der Waals surface area contributed by atoms with Crippen molar-refractivity contribution in [3.63, 3.8) is 0 Å². The van der Waals surface area contributed by atoms with Gasteiger partial charge in [-0.25, -0.2) is 0 Å². The Kier molecular flexibility index (Phi) is 2.06. The van der Waals surface area contributed by atoms with E-state index in [1.165, 1.54) is 0 Å².